The molecule has 0 atom stereocenters. The molecule has 18 heavy (non-hydrogen) atoms. The van der Waals surface area contributed by atoms with Gasteiger partial charge in [-0.3, -0.25) is 4.79 Å². The minimum Gasteiger partial charge on any atom is -0.295 e. The topological polar surface area (TPSA) is 42.9 Å². The third-order valence-corrected chi connectivity index (χ3v) is 3.81. The number of hydrogen-bond donors (Lipinski definition) is 0. The normalized spacial score (nSPS) is 11.0. The average molecular weight is 276 g/mol. The first-order valence-corrected chi connectivity index (χ1v) is 7.39. The monoisotopic (exact) mass is 276 g/mol. The van der Waals surface area contributed by atoms with Gasteiger partial charge in [-0.2, -0.15) is 0 Å². The molecule has 0 aliphatic heterocycles. The zero-order valence-electron chi connectivity index (χ0n) is 10.1. The molecule has 0 aliphatic rings. The Morgan fingerprint density at radius 1 is 1.39 bits per heavy atom. The molecule has 2 aromatic heterocycles. The number of carbonyl (C=O) groups is 1. The van der Waals surface area contributed by atoms with E-state index in [-0.39, 0.29) is 5.78 Å². The van der Waals surface area contributed by atoms with Crippen LogP contribution in [0.2, 0.25) is 0 Å². The number of allylic oxidation sites excluding steroid dienone is 1. The van der Waals surface area contributed by atoms with E-state index in [0.717, 1.165) is 20.6 Å². The number of thiophene rings is 1. The summed E-state index contributed by atoms with van der Waals surface area (Å²) in [4.78, 5) is 21.6. The first kappa shape index (κ1) is 13.0. The molecule has 2 aromatic rings. The van der Waals surface area contributed by atoms with Crippen molar-refractivity contribution < 1.29 is 4.79 Å². The lowest BCUT2D eigenvalue weighted by molar-refractivity contribution is -0.112. The molecule has 0 N–H and O–H groups in total. The number of thioether (sulfide) groups is 1. The van der Waals surface area contributed by atoms with Crippen LogP contribution in [0.5, 0.6) is 0 Å². The minimum atomic E-state index is 0.0525. The zero-order valence-corrected chi connectivity index (χ0v) is 11.7. The molecule has 0 bridgehead atoms. The molecule has 3 nitrogen and oxygen atoms in total. The fraction of sp³-hybridized carbons (Fsp3) is 0.154. The predicted octanol–water partition coefficient (Wildman–Crippen LogP) is 3.53. The first-order valence-electron chi connectivity index (χ1n) is 5.35. The number of carbonyl (C=O) groups excluding carboxylic acids is 1. The van der Waals surface area contributed by atoms with Crippen LogP contribution in [-0.4, -0.2) is 22.0 Å². The highest BCUT2D eigenvalue weighted by molar-refractivity contribution is 7.98. The Hall–Kier alpha value is -1.46. The van der Waals surface area contributed by atoms with Gasteiger partial charge >= 0.3 is 0 Å². The summed E-state index contributed by atoms with van der Waals surface area (Å²) in [7, 11) is 0. The van der Waals surface area contributed by atoms with Crippen LogP contribution in [0.25, 0.3) is 16.6 Å². The van der Waals surface area contributed by atoms with Crippen LogP contribution in [-0.2, 0) is 4.79 Å². The van der Waals surface area contributed by atoms with Gasteiger partial charge in [0.1, 0.15) is 0 Å². The Balaban J connectivity index is 2.26. The maximum absolute atomic E-state index is 10.9. The second-order valence-electron chi connectivity index (χ2n) is 3.57. The second-order valence-corrected chi connectivity index (χ2v) is 5.46. The molecule has 2 rings (SSSR count). The van der Waals surface area contributed by atoms with Crippen molar-refractivity contribution in [3.63, 3.8) is 0 Å². The Morgan fingerprint density at radius 2 is 2.22 bits per heavy atom. The van der Waals surface area contributed by atoms with E-state index in [0.29, 0.717) is 0 Å². The maximum atomic E-state index is 10.9. The van der Waals surface area contributed by atoms with Crippen molar-refractivity contribution in [1.82, 2.24) is 9.97 Å². The van der Waals surface area contributed by atoms with E-state index >= 15 is 0 Å². The molecule has 0 fully saturated rings. The largest absolute Gasteiger partial charge is 0.295 e. The number of nitrogens with zero attached hydrogens (tertiary/aromatic N) is 2. The molecule has 92 valence electrons. The maximum Gasteiger partial charge on any atom is 0.187 e. The van der Waals surface area contributed by atoms with E-state index in [1.807, 2.05) is 30.5 Å². The Labute approximate surface area is 114 Å². The second kappa shape index (κ2) is 5.93. The summed E-state index contributed by atoms with van der Waals surface area (Å²) in [6, 6.07) is 5.89. The van der Waals surface area contributed by atoms with Crippen molar-refractivity contribution in [2.45, 2.75) is 12.1 Å². The number of hydrogen-bond acceptors (Lipinski definition) is 5. The SMILES string of the molecule is CSc1nccc(-c2ccc(C=CC(C)=O)s2)n1. The van der Waals surface area contributed by atoms with E-state index in [9.17, 15) is 4.79 Å². The lowest BCUT2D eigenvalue weighted by Gasteiger charge is -1.98. The van der Waals surface area contributed by atoms with Crippen molar-refractivity contribution in [2.24, 2.45) is 0 Å². The van der Waals surface area contributed by atoms with Crippen LogP contribution in [0.4, 0.5) is 0 Å². The number of ketones is 1. The van der Waals surface area contributed by atoms with Crippen molar-refractivity contribution >= 4 is 35.0 Å². The van der Waals surface area contributed by atoms with Gasteiger partial charge in [0.05, 0.1) is 10.6 Å². The Bertz CT molecular complexity index is 590. The lowest BCUT2D eigenvalue weighted by atomic mass is 10.3. The van der Waals surface area contributed by atoms with Crippen LogP contribution in [0.15, 0.2) is 35.6 Å². The summed E-state index contributed by atoms with van der Waals surface area (Å²) < 4.78 is 0. The summed E-state index contributed by atoms with van der Waals surface area (Å²) in [5.41, 5.74) is 0.918. The highest BCUT2D eigenvalue weighted by Crippen LogP contribution is 2.28. The minimum absolute atomic E-state index is 0.0525. The van der Waals surface area contributed by atoms with Crippen molar-refractivity contribution in [1.29, 1.82) is 0 Å². The summed E-state index contributed by atoms with van der Waals surface area (Å²) in [6.45, 7) is 1.54. The van der Waals surface area contributed by atoms with Crippen molar-refractivity contribution in [3.8, 4) is 10.6 Å². The molecule has 0 radical (unpaired) electrons. The number of aromatic nitrogens is 2. The van der Waals surface area contributed by atoms with Gasteiger partial charge in [-0.1, -0.05) is 11.8 Å². The first-order chi connectivity index (χ1) is 8.69. The van der Waals surface area contributed by atoms with E-state index in [4.69, 9.17) is 0 Å². The summed E-state index contributed by atoms with van der Waals surface area (Å²) in [5, 5.41) is 0.765. The van der Waals surface area contributed by atoms with E-state index in [2.05, 4.69) is 9.97 Å². The van der Waals surface area contributed by atoms with Gasteiger partial charge in [-0.15, -0.1) is 11.3 Å². The third kappa shape index (κ3) is 3.27. The van der Waals surface area contributed by atoms with Gasteiger partial charge in [0.2, 0.25) is 0 Å². The molecule has 0 saturated carbocycles. The molecule has 0 unspecified atom stereocenters. The molecular weight excluding hydrogens is 264 g/mol. The molecule has 0 saturated heterocycles. The van der Waals surface area contributed by atoms with Gasteiger partial charge in [-0.05, 0) is 43.5 Å². The highest BCUT2D eigenvalue weighted by atomic mass is 32.2. The standard InChI is InChI=1S/C13H12N2OS2/c1-9(16)3-4-10-5-6-12(18-10)11-7-8-14-13(15-11)17-2/h3-8H,1-2H3. The van der Waals surface area contributed by atoms with Crippen LogP contribution >= 0.6 is 23.1 Å². The van der Waals surface area contributed by atoms with Crippen molar-refractivity contribution in [3.05, 3.63) is 35.3 Å². The van der Waals surface area contributed by atoms with Gasteiger partial charge in [0.25, 0.3) is 0 Å². The summed E-state index contributed by atoms with van der Waals surface area (Å²) in [6.07, 6.45) is 7.11. The summed E-state index contributed by atoms with van der Waals surface area (Å²) in [5.74, 6) is 0.0525. The third-order valence-electron chi connectivity index (χ3n) is 2.18. The van der Waals surface area contributed by atoms with Gasteiger partial charge in [-0.25, -0.2) is 9.97 Å². The zero-order chi connectivity index (χ0) is 13.0. The summed E-state index contributed by atoms with van der Waals surface area (Å²) >= 11 is 3.13. The average Bonchev–Trinajstić information content (AvgIpc) is 2.85. The van der Waals surface area contributed by atoms with Crippen molar-refractivity contribution in [2.75, 3.05) is 6.26 Å². The predicted molar refractivity (Wildman–Crippen MR) is 76.8 cm³/mol. The van der Waals surface area contributed by atoms with E-state index < -0.39 is 0 Å². The molecule has 0 aliphatic carbocycles. The highest BCUT2D eigenvalue weighted by Gasteiger charge is 2.04. The Kier molecular flexibility index (Phi) is 4.28. The van der Waals surface area contributed by atoms with Crippen LogP contribution < -0.4 is 0 Å². The molecule has 0 aromatic carbocycles. The van der Waals surface area contributed by atoms with Crippen LogP contribution in [0.3, 0.4) is 0 Å². The quantitative estimate of drug-likeness (QED) is 0.487. The fourth-order valence-corrected chi connectivity index (χ4v) is 2.59. The molecule has 2 heterocycles. The van der Waals surface area contributed by atoms with Crippen LogP contribution in [0, 0.1) is 0 Å². The van der Waals surface area contributed by atoms with Gasteiger partial charge < -0.3 is 0 Å². The lowest BCUT2D eigenvalue weighted by Crippen LogP contribution is -1.86. The Morgan fingerprint density at radius 3 is 2.94 bits per heavy atom. The van der Waals surface area contributed by atoms with Crippen LogP contribution in [0.1, 0.15) is 11.8 Å². The van der Waals surface area contributed by atoms with E-state index in [1.165, 1.54) is 11.8 Å². The van der Waals surface area contributed by atoms with E-state index in [1.54, 1.807) is 30.5 Å². The van der Waals surface area contributed by atoms with Gasteiger partial charge in [0.15, 0.2) is 10.9 Å². The molecule has 0 amide bonds. The van der Waals surface area contributed by atoms with Gasteiger partial charge in [0, 0.05) is 11.1 Å². The fourth-order valence-electron chi connectivity index (χ4n) is 1.36. The molecule has 0 spiro atoms. The smallest absolute Gasteiger partial charge is 0.187 e. The molecular formula is C13H12N2OS2. The number of rotatable bonds is 4. The molecule has 5 heteroatoms.